The van der Waals surface area contributed by atoms with Crippen molar-refractivity contribution >= 4 is 34.2 Å². The first-order valence-corrected chi connectivity index (χ1v) is 10.4. The molecule has 5 nitrogen and oxygen atoms in total. The fourth-order valence-electron chi connectivity index (χ4n) is 3.47. The number of thioether (sulfide) groups is 1. The van der Waals surface area contributed by atoms with Crippen molar-refractivity contribution in [2.24, 2.45) is 0 Å². The molecule has 28 heavy (non-hydrogen) atoms. The summed E-state index contributed by atoms with van der Waals surface area (Å²) >= 11 is 1.31. The van der Waals surface area contributed by atoms with Crippen molar-refractivity contribution in [3.8, 4) is 0 Å². The third-order valence-electron chi connectivity index (χ3n) is 4.89. The van der Waals surface area contributed by atoms with Crippen molar-refractivity contribution in [2.75, 3.05) is 12.3 Å². The predicted octanol–water partition coefficient (Wildman–Crippen LogP) is 3.60. The van der Waals surface area contributed by atoms with Gasteiger partial charge in [0.1, 0.15) is 0 Å². The third-order valence-corrected chi connectivity index (χ3v) is 5.75. The van der Waals surface area contributed by atoms with Crippen LogP contribution in [0.1, 0.15) is 34.5 Å². The minimum atomic E-state index is -0.0392. The van der Waals surface area contributed by atoms with Crippen LogP contribution in [0.2, 0.25) is 0 Å². The predicted molar refractivity (Wildman–Crippen MR) is 111 cm³/mol. The van der Waals surface area contributed by atoms with E-state index in [1.165, 1.54) is 28.1 Å². The quantitative estimate of drug-likeness (QED) is 0.513. The number of hydrogen-bond acceptors (Lipinski definition) is 5. The van der Waals surface area contributed by atoms with E-state index in [1.54, 1.807) is 6.20 Å². The molecule has 0 radical (unpaired) electrons. The van der Waals surface area contributed by atoms with Gasteiger partial charge < -0.3 is 5.32 Å². The molecular weight excluding hydrogens is 370 g/mol. The Kier molecular flexibility index (Phi) is 5.67. The Hall–Kier alpha value is -2.73. The van der Waals surface area contributed by atoms with E-state index in [2.05, 4.69) is 39.6 Å². The zero-order chi connectivity index (χ0) is 19.3. The molecule has 1 aromatic heterocycles. The van der Waals surface area contributed by atoms with Crippen molar-refractivity contribution in [3.05, 3.63) is 65.5 Å². The van der Waals surface area contributed by atoms with E-state index in [-0.39, 0.29) is 17.4 Å². The van der Waals surface area contributed by atoms with E-state index in [4.69, 9.17) is 0 Å². The van der Waals surface area contributed by atoms with Crippen LogP contribution < -0.4 is 5.32 Å². The molecule has 142 valence electrons. The van der Waals surface area contributed by atoms with Crippen LogP contribution in [0, 0.1) is 0 Å². The van der Waals surface area contributed by atoms with Gasteiger partial charge in [-0.25, -0.2) is 9.97 Å². The maximum absolute atomic E-state index is 12.2. The van der Waals surface area contributed by atoms with E-state index in [9.17, 15) is 9.59 Å². The van der Waals surface area contributed by atoms with Crippen LogP contribution >= 0.6 is 11.8 Å². The average molecular weight is 391 g/mol. The van der Waals surface area contributed by atoms with Gasteiger partial charge >= 0.3 is 0 Å². The standard InChI is InChI=1S/C22H21N3O2S/c26-20-10-4-9-19-18(20)13-24-22(25-19)28-14-21(27)23-12-11-16-7-3-6-15-5-1-2-8-17(15)16/h1-3,5-8,13H,4,9-12,14H2,(H,23,27). The third kappa shape index (κ3) is 4.22. The number of nitrogens with one attached hydrogen (secondary N) is 1. The van der Waals surface area contributed by atoms with Crippen molar-refractivity contribution < 1.29 is 9.59 Å². The summed E-state index contributed by atoms with van der Waals surface area (Å²) in [5.41, 5.74) is 2.67. The molecular formula is C22H21N3O2S. The monoisotopic (exact) mass is 391 g/mol. The Morgan fingerprint density at radius 1 is 1.11 bits per heavy atom. The number of hydrogen-bond donors (Lipinski definition) is 1. The number of aryl methyl sites for hydroxylation is 1. The molecule has 0 unspecified atom stereocenters. The van der Waals surface area contributed by atoms with Gasteiger partial charge in [0, 0.05) is 19.2 Å². The van der Waals surface area contributed by atoms with E-state index >= 15 is 0 Å². The van der Waals surface area contributed by atoms with Crippen LogP contribution in [0.25, 0.3) is 10.8 Å². The second kappa shape index (κ2) is 8.52. The summed E-state index contributed by atoms with van der Waals surface area (Å²) in [5.74, 6) is 0.342. The molecule has 1 heterocycles. The molecule has 4 rings (SSSR count). The second-order valence-corrected chi connectivity index (χ2v) is 7.76. The summed E-state index contributed by atoms with van der Waals surface area (Å²) in [6.07, 6.45) is 4.59. The molecule has 3 aromatic rings. The zero-order valence-corrected chi connectivity index (χ0v) is 16.3. The van der Waals surface area contributed by atoms with Crippen molar-refractivity contribution in [1.82, 2.24) is 15.3 Å². The number of amides is 1. The van der Waals surface area contributed by atoms with E-state index in [0.717, 1.165) is 25.0 Å². The number of nitrogens with zero attached hydrogens (tertiary/aromatic N) is 2. The van der Waals surface area contributed by atoms with E-state index in [1.807, 2.05) is 18.2 Å². The number of carbonyl (C=O) groups excluding carboxylic acids is 2. The van der Waals surface area contributed by atoms with Crippen molar-refractivity contribution in [2.45, 2.75) is 30.8 Å². The van der Waals surface area contributed by atoms with Crippen LogP contribution in [0.5, 0.6) is 0 Å². The lowest BCUT2D eigenvalue weighted by atomic mass is 9.96. The van der Waals surface area contributed by atoms with Crippen LogP contribution in [-0.4, -0.2) is 34.0 Å². The maximum atomic E-state index is 12.2. The van der Waals surface area contributed by atoms with Crippen molar-refractivity contribution in [1.29, 1.82) is 0 Å². The molecule has 0 spiro atoms. The van der Waals surface area contributed by atoms with Crippen LogP contribution in [0.3, 0.4) is 0 Å². The smallest absolute Gasteiger partial charge is 0.230 e. The Morgan fingerprint density at radius 2 is 1.96 bits per heavy atom. The molecule has 2 aromatic carbocycles. The van der Waals surface area contributed by atoms with Gasteiger partial charge in [0.05, 0.1) is 17.0 Å². The Labute approximate surface area is 168 Å². The van der Waals surface area contributed by atoms with Gasteiger partial charge in [-0.3, -0.25) is 9.59 Å². The first kappa shape index (κ1) is 18.6. The number of Topliss-reactive ketones (excluding diaryl/α,β-unsaturated/α-hetero) is 1. The molecule has 1 aliphatic carbocycles. The van der Waals surface area contributed by atoms with Gasteiger partial charge in [0.25, 0.3) is 0 Å². The first-order chi connectivity index (χ1) is 13.7. The van der Waals surface area contributed by atoms with E-state index in [0.29, 0.717) is 23.7 Å². The Bertz CT molecular complexity index is 1030. The van der Waals surface area contributed by atoms with E-state index < -0.39 is 0 Å². The molecule has 1 aliphatic rings. The highest BCUT2D eigenvalue weighted by molar-refractivity contribution is 7.99. The summed E-state index contributed by atoms with van der Waals surface area (Å²) in [6, 6.07) is 14.5. The first-order valence-electron chi connectivity index (χ1n) is 9.46. The molecule has 0 atom stereocenters. The lowest BCUT2D eigenvalue weighted by Crippen LogP contribution is -2.27. The molecule has 6 heteroatoms. The summed E-state index contributed by atoms with van der Waals surface area (Å²) in [4.78, 5) is 32.7. The summed E-state index contributed by atoms with van der Waals surface area (Å²) in [5, 5.41) is 5.96. The number of aromatic nitrogens is 2. The number of carbonyl (C=O) groups is 2. The molecule has 0 fully saturated rings. The fraction of sp³-hybridized carbons (Fsp3) is 0.273. The highest BCUT2D eigenvalue weighted by atomic mass is 32.2. The van der Waals surface area contributed by atoms with Gasteiger partial charge in [-0.1, -0.05) is 54.2 Å². The molecule has 1 amide bonds. The molecule has 0 bridgehead atoms. The van der Waals surface area contributed by atoms with Gasteiger partial charge in [0.15, 0.2) is 10.9 Å². The second-order valence-electron chi connectivity index (χ2n) is 6.82. The largest absolute Gasteiger partial charge is 0.355 e. The molecule has 1 N–H and O–H groups in total. The van der Waals surface area contributed by atoms with Crippen LogP contribution in [-0.2, 0) is 17.6 Å². The minimum Gasteiger partial charge on any atom is -0.355 e. The van der Waals surface area contributed by atoms with Gasteiger partial charge in [0.2, 0.25) is 5.91 Å². The molecule has 0 aliphatic heterocycles. The zero-order valence-electron chi connectivity index (χ0n) is 15.5. The van der Waals surface area contributed by atoms with Crippen LogP contribution in [0.15, 0.2) is 53.8 Å². The summed E-state index contributed by atoms with van der Waals surface area (Å²) < 4.78 is 0. The highest BCUT2D eigenvalue weighted by Gasteiger charge is 2.19. The highest BCUT2D eigenvalue weighted by Crippen LogP contribution is 2.22. The summed E-state index contributed by atoms with van der Waals surface area (Å²) in [6.45, 7) is 0.590. The molecule has 0 saturated carbocycles. The van der Waals surface area contributed by atoms with Gasteiger partial charge in [-0.2, -0.15) is 0 Å². The lowest BCUT2D eigenvalue weighted by Gasteiger charge is -2.13. The maximum Gasteiger partial charge on any atom is 0.230 e. The number of rotatable bonds is 6. The minimum absolute atomic E-state index is 0.0392. The topological polar surface area (TPSA) is 72.0 Å². The van der Waals surface area contributed by atoms with Crippen LogP contribution in [0.4, 0.5) is 0 Å². The fourth-order valence-corrected chi connectivity index (χ4v) is 4.14. The van der Waals surface area contributed by atoms with Gasteiger partial charge in [-0.15, -0.1) is 0 Å². The normalized spacial score (nSPS) is 13.4. The Morgan fingerprint density at radius 3 is 2.89 bits per heavy atom. The Balaban J connectivity index is 1.29. The number of benzene rings is 2. The van der Waals surface area contributed by atoms with Crippen molar-refractivity contribution in [3.63, 3.8) is 0 Å². The average Bonchev–Trinajstić information content (AvgIpc) is 2.72. The number of ketones is 1. The SMILES string of the molecule is O=C(CSc1ncc2c(n1)CCCC2=O)NCCc1cccc2ccccc12. The number of fused-ring (bicyclic) bond motifs is 2. The van der Waals surface area contributed by atoms with Gasteiger partial charge in [-0.05, 0) is 35.6 Å². The lowest BCUT2D eigenvalue weighted by molar-refractivity contribution is -0.118. The molecule has 0 saturated heterocycles. The summed E-state index contributed by atoms with van der Waals surface area (Å²) in [7, 11) is 0.